The Bertz CT molecular complexity index is 522. The summed E-state index contributed by atoms with van der Waals surface area (Å²) in [5.74, 6) is 0.0869. The van der Waals surface area contributed by atoms with Crippen molar-refractivity contribution in [3.63, 3.8) is 0 Å². The lowest BCUT2D eigenvalue weighted by atomic mass is 10.0. The van der Waals surface area contributed by atoms with Crippen molar-refractivity contribution in [1.82, 2.24) is 0 Å². The van der Waals surface area contributed by atoms with E-state index in [0.717, 1.165) is 31.4 Å². The highest BCUT2D eigenvalue weighted by atomic mass is 19.4. The first-order valence-corrected chi connectivity index (χ1v) is 6.45. The number of aliphatic hydroxyl groups is 1. The lowest BCUT2D eigenvalue weighted by Gasteiger charge is -2.17. The van der Waals surface area contributed by atoms with Gasteiger partial charge in [0.1, 0.15) is 6.07 Å². The van der Waals surface area contributed by atoms with Crippen molar-refractivity contribution in [1.29, 1.82) is 5.26 Å². The normalized spacial score (nSPS) is 22.6. The van der Waals surface area contributed by atoms with E-state index in [0.29, 0.717) is 12.2 Å². The molecule has 108 valence electrons. The van der Waals surface area contributed by atoms with Crippen molar-refractivity contribution in [2.75, 3.05) is 11.9 Å². The van der Waals surface area contributed by atoms with E-state index in [1.165, 1.54) is 6.07 Å². The third-order valence-corrected chi connectivity index (χ3v) is 3.64. The summed E-state index contributed by atoms with van der Waals surface area (Å²) < 4.78 is 37.7. The number of nitrogens with zero attached hydrogens (tertiary/aromatic N) is 1. The molecule has 2 atom stereocenters. The number of hydrogen-bond acceptors (Lipinski definition) is 3. The second-order valence-corrected chi connectivity index (χ2v) is 5.01. The standard InChI is InChI=1S/C14H15F3N2O/c15-14(16,17)11-4-5-12(10(6-11)7-18)19-8-9-2-1-3-13(9)20/h4-6,9,13,19-20H,1-3,8H2. The predicted molar refractivity (Wildman–Crippen MR) is 68.0 cm³/mol. The fourth-order valence-electron chi connectivity index (χ4n) is 2.46. The van der Waals surface area contributed by atoms with Gasteiger partial charge in [0.05, 0.1) is 22.9 Å². The molecule has 20 heavy (non-hydrogen) atoms. The van der Waals surface area contributed by atoms with Crippen LogP contribution < -0.4 is 5.32 Å². The zero-order valence-corrected chi connectivity index (χ0v) is 10.7. The zero-order chi connectivity index (χ0) is 14.8. The van der Waals surface area contributed by atoms with Crippen molar-refractivity contribution < 1.29 is 18.3 Å². The summed E-state index contributed by atoms with van der Waals surface area (Å²) in [4.78, 5) is 0. The number of nitrogens with one attached hydrogen (secondary N) is 1. The van der Waals surface area contributed by atoms with Crippen molar-refractivity contribution in [2.45, 2.75) is 31.5 Å². The van der Waals surface area contributed by atoms with E-state index >= 15 is 0 Å². The maximum atomic E-state index is 12.6. The van der Waals surface area contributed by atoms with E-state index in [1.807, 2.05) is 0 Å². The van der Waals surface area contributed by atoms with Crippen molar-refractivity contribution >= 4 is 5.69 Å². The molecule has 0 saturated heterocycles. The largest absolute Gasteiger partial charge is 0.416 e. The number of alkyl halides is 3. The smallest absolute Gasteiger partial charge is 0.393 e. The monoisotopic (exact) mass is 284 g/mol. The third kappa shape index (κ3) is 3.23. The molecule has 0 heterocycles. The van der Waals surface area contributed by atoms with E-state index < -0.39 is 11.7 Å². The average molecular weight is 284 g/mol. The molecule has 1 fully saturated rings. The Hall–Kier alpha value is -1.74. The van der Waals surface area contributed by atoms with Crippen LogP contribution in [0.4, 0.5) is 18.9 Å². The fourth-order valence-corrected chi connectivity index (χ4v) is 2.46. The molecule has 0 amide bonds. The Labute approximate surface area is 115 Å². The Morgan fingerprint density at radius 3 is 2.65 bits per heavy atom. The molecule has 0 aromatic heterocycles. The fraction of sp³-hybridized carbons (Fsp3) is 0.500. The van der Waals surface area contributed by atoms with Crippen LogP contribution >= 0.6 is 0 Å². The Morgan fingerprint density at radius 2 is 2.10 bits per heavy atom. The van der Waals surface area contributed by atoms with Gasteiger partial charge in [0.15, 0.2) is 0 Å². The van der Waals surface area contributed by atoms with Gasteiger partial charge in [0.25, 0.3) is 0 Å². The quantitative estimate of drug-likeness (QED) is 0.896. The van der Waals surface area contributed by atoms with Crippen molar-refractivity contribution in [3.8, 4) is 6.07 Å². The minimum absolute atomic E-state index is 0.0349. The Morgan fingerprint density at radius 1 is 1.35 bits per heavy atom. The summed E-state index contributed by atoms with van der Waals surface area (Å²) in [6.45, 7) is 0.460. The molecular formula is C14H15F3N2O. The molecular weight excluding hydrogens is 269 g/mol. The van der Waals surface area contributed by atoms with E-state index in [1.54, 1.807) is 6.07 Å². The molecule has 0 aliphatic heterocycles. The van der Waals surface area contributed by atoms with Gasteiger partial charge >= 0.3 is 6.18 Å². The van der Waals surface area contributed by atoms with Crippen molar-refractivity contribution in [3.05, 3.63) is 29.3 Å². The first-order valence-electron chi connectivity index (χ1n) is 6.45. The number of benzene rings is 1. The van der Waals surface area contributed by atoms with Gasteiger partial charge in [-0.25, -0.2) is 0 Å². The number of rotatable bonds is 3. The molecule has 0 spiro atoms. The number of hydrogen-bond donors (Lipinski definition) is 2. The minimum atomic E-state index is -4.45. The van der Waals surface area contributed by atoms with Crippen LogP contribution in [0.15, 0.2) is 18.2 Å². The SMILES string of the molecule is N#Cc1cc(C(F)(F)F)ccc1NCC1CCCC1O. The summed E-state index contributed by atoms with van der Waals surface area (Å²) >= 11 is 0. The summed E-state index contributed by atoms with van der Waals surface area (Å²) in [6, 6.07) is 4.83. The molecule has 6 heteroatoms. The van der Waals surface area contributed by atoms with Crippen LogP contribution in [0, 0.1) is 17.2 Å². The van der Waals surface area contributed by atoms with Gasteiger partial charge in [-0.3, -0.25) is 0 Å². The van der Waals surface area contributed by atoms with Gasteiger partial charge < -0.3 is 10.4 Å². The van der Waals surface area contributed by atoms with Gasteiger partial charge in [-0.05, 0) is 31.0 Å². The second-order valence-electron chi connectivity index (χ2n) is 5.01. The maximum absolute atomic E-state index is 12.6. The third-order valence-electron chi connectivity index (χ3n) is 3.64. The summed E-state index contributed by atoms with van der Waals surface area (Å²) in [5, 5.41) is 21.6. The van der Waals surface area contributed by atoms with Crippen LogP contribution in [0.25, 0.3) is 0 Å². The maximum Gasteiger partial charge on any atom is 0.416 e. The first-order chi connectivity index (χ1) is 9.41. The number of nitriles is 1. The van der Waals surface area contributed by atoms with Gasteiger partial charge in [-0.1, -0.05) is 6.42 Å². The highest BCUT2D eigenvalue weighted by molar-refractivity contribution is 5.59. The number of halogens is 3. The number of anilines is 1. The topological polar surface area (TPSA) is 56.0 Å². The molecule has 0 radical (unpaired) electrons. The van der Waals surface area contributed by atoms with E-state index in [4.69, 9.17) is 5.26 Å². The Kier molecular flexibility index (Phi) is 4.19. The van der Waals surface area contributed by atoms with Gasteiger partial charge in [-0.15, -0.1) is 0 Å². The molecule has 0 bridgehead atoms. The summed E-state index contributed by atoms with van der Waals surface area (Å²) in [6.07, 6.45) is -2.24. The molecule has 1 aliphatic carbocycles. The molecule has 2 unspecified atom stereocenters. The van der Waals surface area contributed by atoms with Crippen LogP contribution in [0.3, 0.4) is 0 Å². The zero-order valence-electron chi connectivity index (χ0n) is 10.7. The van der Waals surface area contributed by atoms with Crippen LogP contribution in [-0.4, -0.2) is 17.8 Å². The van der Waals surface area contributed by atoms with Crippen LogP contribution in [0.2, 0.25) is 0 Å². The molecule has 1 saturated carbocycles. The second kappa shape index (κ2) is 5.71. The average Bonchev–Trinajstić information content (AvgIpc) is 2.80. The van der Waals surface area contributed by atoms with E-state index in [2.05, 4.69) is 5.32 Å². The molecule has 1 aliphatic rings. The lowest BCUT2D eigenvalue weighted by Crippen LogP contribution is -2.22. The predicted octanol–water partition coefficient (Wildman–Crippen LogP) is 3.15. The first kappa shape index (κ1) is 14.7. The van der Waals surface area contributed by atoms with Gasteiger partial charge in [0.2, 0.25) is 0 Å². The number of aliphatic hydroxyl groups excluding tert-OH is 1. The Balaban J connectivity index is 2.10. The molecule has 2 rings (SSSR count). The van der Waals surface area contributed by atoms with Gasteiger partial charge in [0, 0.05) is 12.5 Å². The van der Waals surface area contributed by atoms with Gasteiger partial charge in [-0.2, -0.15) is 18.4 Å². The molecule has 1 aromatic rings. The lowest BCUT2D eigenvalue weighted by molar-refractivity contribution is -0.137. The molecule has 2 N–H and O–H groups in total. The van der Waals surface area contributed by atoms with Crippen LogP contribution in [0.5, 0.6) is 0 Å². The molecule has 1 aromatic carbocycles. The summed E-state index contributed by atoms with van der Waals surface area (Å²) in [7, 11) is 0. The van der Waals surface area contributed by atoms with Crippen LogP contribution in [0.1, 0.15) is 30.4 Å². The van der Waals surface area contributed by atoms with Crippen molar-refractivity contribution in [2.24, 2.45) is 5.92 Å². The molecule has 3 nitrogen and oxygen atoms in total. The van der Waals surface area contributed by atoms with Crippen LogP contribution in [-0.2, 0) is 6.18 Å². The van der Waals surface area contributed by atoms with E-state index in [-0.39, 0.29) is 17.6 Å². The highest BCUT2D eigenvalue weighted by Crippen LogP contribution is 2.32. The highest BCUT2D eigenvalue weighted by Gasteiger charge is 2.31. The minimum Gasteiger partial charge on any atom is -0.393 e. The summed E-state index contributed by atoms with van der Waals surface area (Å²) in [5.41, 5.74) is -0.493. The van der Waals surface area contributed by atoms with E-state index in [9.17, 15) is 18.3 Å².